The largest absolute Gasteiger partial charge is 0.452 e. The van der Waals surface area contributed by atoms with Gasteiger partial charge in [-0.05, 0) is 48.1 Å². The Labute approximate surface area is 165 Å². The number of aromatic nitrogens is 1. The van der Waals surface area contributed by atoms with Crippen LogP contribution in [-0.2, 0) is 16.2 Å². The Bertz CT molecular complexity index is 1000. The molecule has 2 aliphatic rings. The molecule has 2 saturated carbocycles. The molecule has 3 atom stereocenters. The van der Waals surface area contributed by atoms with Crippen molar-refractivity contribution >= 4 is 21.4 Å². The van der Waals surface area contributed by atoms with Crippen molar-refractivity contribution in [3.63, 3.8) is 0 Å². The van der Waals surface area contributed by atoms with E-state index in [1.807, 2.05) is 0 Å². The first-order valence-electron chi connectivity index (χ1n) is 8.99. The Morgan fingerprint density at radius 3 is 2.57 bits per heavy atom. The summed E-state index contributed by atoms with van der Waals surface area (Å²) in [6.07, 6.45) is -1.54. The van der Waals surface area contributed by atoms with E-state index in [2.05, 4.69) is 35.2 Å². The number of halogens is 3. The minimum atomic E-state index is -4.64. The van der Waals surface area contributed by atoms with Gasteiger partial charge in [-0.3, -0.25) is 0 Å². The van der Waals surface area contributed by atoms with Crippen LogP contribution in [0.5, 0.6) is 0 Å². The SMILES string of the molecule is CC1(C)[C@H]2CC[C@](C)(C2)[C@@H]1NS(=O)(=O)c1ccc(-c2cc(C(F)(F)F)on2)s1. The number of alkyl halides is 3. The van der Waals surface area contributed by atoms with Crippen molar-refractivity contribution in [1.29, 1.82) is 0 Å². The van der Waals surface area contributed by atoms with Crippen LogP contribution in [0.25, 0.3) is 10.6 Å². The van der Waals surface area contributed by atoms with E-state index in [9.17, 15) is 21.6 Å². The highest BCUT2D eigenvalue weighted by molar-refractivity contribution is 7.91. The van der Waals surface area contributed by atoms with Gasteiger partial charge in [-0.25, -0.2) is 13.1 Å². The number of rotatable bonds is 4. The summed E-state index contributed by atoms with van der Waals surface area (Å²) in [6.45, 7) is 6.33. The predicted molar refractivity (Wildman–Crippen MR) is 98.2 cm³/mol. The van der Waals surface area contributed by atoms with Crippen molar-refractivity contribution in [3.8, 4) is 10.6 Å². The molecular formula is C18H21F3N2O3S2. The number of hydrogen-bond acceptors (Lipinski definition) is 5. The van der Waals surface area contributed by atoms with E-state index >= 15 is 0 Å². The lowest BCUT2D eigenvalue weighted by Crippen LogP contribution is -2.52. The first kappa shape index (κ1) is 19.9. The topological polar surface area (TPSA) is 72.2 Å². The maximum Gasteiger partial charge on any atom is 0.452 e. The Morgan fingerprint density at radius 2 is 2.00 bits per heavy atom. The fourth-order valence-electron chi connectivity index (χ4n) is 4.94. The Balaban J connectivity index is 1.59. The molecule has 0 saturated heterocycles. The van der Waals surface area contributed by atoms with Crippen molar-refractivity contribution in [1.82, 2.24) is 9.88 Å². The second kappa shape index (κ2) is 6.06. The van der Waals surface area contributed by atoms with Gasteiger partial charge in [-0.15, -0.1) is 11.3 Å². The minimum Gasteiger partial charge on any atom is -0.351 e. The maximum atomic E-state index is 13.0. The summed E-state index contributed by atoms with van der Waals surface area (Å²) >= 11 is 0.879. The van der Waals surface area contributed by atoms with Crippen molar-refractivity contribution in [3.05, 3.63) is 24.0 Å². The van der Waals surface area contributed by atoms with Gasteiger partial charge in [0.2, 0.25) is 15.8 Å². The van der Waals surface area contributed by atoms with Crippen molar-refractivity contribution in [2.45, 2.75) is 56.5 Å². The van der Waals surface area contributed by atoms with E-state index in [0.29, 0.717) is 10.8 Å². The number of nitrogens with one attached hydrogen (secondary N) is 1. The van der Waals surface area contributed by atoms with E-state index in [0.717, 1.165) is 36.7 Å². The Hall–Kier alpha value is -1.39. The van der Waals surface area contributed by atoms with E-state index in [4.69, 9.17) is 0 Å². The average Bonchev–Trinajstić information content (AvgIpc) is 3.31. The fraction of sp³-hybridized carbons (Fsp3) is 0.611. The molecular weight excluding hydrogens is 413 g/mol. The monoisotopic (exact) mass is 434 g/mol. The standard InChI is InChI=1S/C18H21F3N2O3S2/c1-16(2)10-6-7-17(3,9-10)15(16)23-28(24,25)14-5-4-12(27-14)11-8-13(26-22-11)18(19,20)21/h4-5,8,10,15,23H,6-7,9H2,1-3H3/t10-,15+,17+/m0/s1. The molecule has 5 nitrogen and oxygen atoms in total. The highest BCUT2D eigenvalue weighted by Crippen LogP contribution is 2.62. The normalized spacial score (nSPS) is 29.5. The van der Waals surface area contributed by atoms with E-state index in [1.165, 1.54) is 12.1 Å². The van der Waals surface area contributed by atoms with E-state index in [1.54, 1.807) is 0 Å². The molecule has 2 aromatic heterocycles. The van der Waals surface area contributed by atoms with Crippen LogP contribution >= 0.6 is 11.3 Å². The molecule has 154 valence electrons. The Morgan fingerprint density at radius 1 is 1.29 bits per heavy atom. The van der Waals surface area contributed by atoms with Gasteiger partial charge >= 0.3 is 6.18 Å². The zero-order valence-electron chi connectivity index (χ0n) is 15.6. The summed E-state index contributed by atoms with van der Waals surface area (Å²) in [5, 5.41) is 3.42. The number of hydrogen-bond donors (Lipinski definition) is 1. The maximum absolute atomic E-state index is 13.0. The third-order valence-corrected chi connectivity index (χ3v) is 9.45. The van der Waals surface area contributed by atoms with E-state index < -0.39 is 22.0 Å². The Kier molecular flexibility index (Phi) is 4.31. The highest BCUT2D eigenvalue weighted by atomic mass is 32.2. The molecule has 2 aliphatic carbocycles. The van der Waals surface area contributed by atoms with Crippen LogP contribution in [0, 0.1) is 16.7 Å². The quantitative estimate of drug-likeness (QED) is 0.742. The number of fused-ring (bicyclic) bond motifs is 2. The molecule has 10 heteroatoms. The zero-order valence-corrected chi connectivity index (χ0v) is 17.3. The van der Waals surface area contributed by atoms with Crippen molar-refractivity contribution < 1.29 is 26.1 Å². The van der Waals surface area contributed by atoms with Crippen LogP contribution in [0.15, 0.2) is 26.9 Å². The van der Waals surface area contributed by atoms with Crippen LogP contribution in [-0.4, -0.2) is 19.6 Å². The first-order chi connectivity index (χ1) is 12.8. The molecule has 0 unspecified atom stereocenters. The number of sulfonamides is 1. The summed E-state index contributed by atoms with van der Waals surface area (Å²) in [5.74, 6) is -0.727. The summed E-state index contributed by atoms with van der Waals surface area (Å²) in [4.78, 5) is 0.304. The van der Waals surface area contributed by atoms with Gasteiger partial charge in [0, 0.05) is 12.1 Å². The third kappa shape index (κ3) is 3.09. The molecule has 0 spiro atoms. The average molecular weight is 435 g/mol. The van der Waals surface area contributed by atoms with Crippen LogP contribution in [0.2, 0.25) is 0 Å². The molecule has 0 aromatic carbocycles. The first-order valence-corrected chi connectivity index (χ1v) is 11.3. The zero-order chi connectivity index (χ0) is 20.5. The predicted octanol–water partition coefficient (Wildman–Crippen LogP) is 4.92. The van der Waals surface area contributed by atoms with Crippen molar-refractivity contribution in [2.75, 3.05) is 0 Å². The fourth-order valence-corrected chi connectivity index (χ4v) is 7.74. The lowest BCUT2D eigenvalue weighted by atomic mass is 9.69. The highest BCUT2D eigenvalue weighted by Gasteiger charge is 2.60. The molecule has 4 rings (SSSR count). The molecule has 0 amide bonds. The van der Waals surface area contributed by atoms with Gasteiger partial charge in [-0.2, -0.15) is 13.2 Å². The molecule has 2 heterocycles. The van der Waals surface area contributed by atoms with Gasteiger partial charge in [0.15, 0.2) is 0 Å². The molecule has 1 N–H and O–H groups in total. The molecule has 28 heavy (non-hydrogen) atoms. The molecule has 2 aromatic rings. The summed E-state index contributed by atoms with van der Waals surface area (Å²) in [6, 6.07) is 3.44. The van der Waals surface area contributed by atoms with Crippen LogP contribution in [0.4, 0.5) is 13.2 Å². The number of thiophene rings is 1. The minimum absolute atomic E-state index is 0.0361. The van der Waals surface area contributed by atoms with Gasteiger partial charge in [-0.1, -0.05) is 25.9 Å². The second-order valence-corrected chi connectivity index (χ2v) is 11.7. The van der Waals surface area contributed by atoms with Gasteiger partial charge in [0.05, 0.1) is 4.88 Å². The summed E-state index contributed by atoms with van der Waals surface area (Å²) in [5.41, 5.74) is -0.255. The van der Waals surface area contributed by atoms with Gasteiger partial charge in [0.1, 0.15) is 9.90 Å². The molecule has 0 aliphatic heterocycles. The molecule has 2 fully saturated rings. The smallest absolute Gasteiger partial charge is 0.351 e. The molecule has 2 bridgehead atoms. The third-order valence-electron chi connectivity index (χ3n) is 6.43. The van der Waals surface area contributed by atoms with Crippen LogP contribution < -0.4 is 4.72 Å². The van der Waals surface area contributed by atoms with E-state index in [-0.39, 0.29) is 26.8 Å². The number of nitrogens with zero attached hydrogens (tertiary/aromatic N) is 1. The summed E-state index contributed by atoms with van der Waals surface area (Å²) in [7, 11) is -3.80. The van der Waals surface area contributed by atoms with Crippen LogP contribution in [0.1, 0.15) is 45.8 Å². The summed E-state index contributed by atoms with van der Waals surface area (Å²) < 4.78 is 71.3. The second-order valence-electron chi connectivity index (χ2n) is 8.66. The van der Waals surface area contributed by atoms with Crippen LogP contribution in [0.3, 0.4) is 0 Å². The lowest BCUT2D eigenvalue weighted by Gasteiger charge is -2.42. The lowest BCUT2D eigenvalue weighted by molar-refractivity contribution is -0.155. The van der Waals surface area contributed by atoms with Gasteiger partial charge < -0.3 is 4.52 Å². The van der Waals surface area contributed by atoms with Crippen molar-refractivity contribution in [2.24, 2.45) is 16.7 Å². The van der Waals surface area contributed by atoms with Gasteiger partial charge in [0.25, 0.3) is 0 Å². The molecule has 0 radical (unpaired) electrons.